The molecule has 114 valence electrons. The number of benzene rings is 1. The van der Waals surface area contributed by atoms with Crippen molar-refractivity contribution in [2.24, 2.45) is 5.73 Å². The third-order valence-electron chi connectivity index (χ3n) is 3.41. The molecule has 2 aromatic rings. The molecular formula is C15H20N2O2S2. The maximum Gasteiger partial charge on any atom is 0.241 e. The van der Waals surface area contributed by atoms with Gasteiger partial charge in [0.15, 0.2) is 0 Å². The van der Waals surface area contributed by atoms with E-state index in [2.05, 4.69) is 4.72 Å². The van der Waals surface area contributed by atoms with Gasteiger partial charge in [-0.1, -0.05) is 19.1 Å². The Bertz CT molecular complexity index is 681. The normalized spacial score (nSPS) is 14.8. The molecule has 0 fully saturated rings. The van der Waals surface area contributed by atoms with Crippen LogP contribution in [0.3, 0.4) is 0 Å². The molecule has 1 aromatic carbocycles. The molecule has 2 unspecified atom stereocenters. The fourth-order valence-corrected chi connectivity index (χ4v) is 4.08. The van der Waals surface area contributed by atoms with E-state index in [0.29, 0.717) is 0 Å². The number of nitrogens with two attached hydrogens (primary N) is 1. The summed E-state index contributed by atoms with van der Waals surface area (Å²) in [5, 5.41) is 3.87. The zero-order valence-electron chi connectivity index (χ0n) is 12.1. The van der Waals surface area contributed by atoms with Crippen LogP contribution in [0.25, 0.3) is 0 Å². The first-order valence-electron chi connectivity index (χ1n) is 6.84. The third-order valence-corrected chi connectivity index (χ3v) is 5.65. The molecule has 0 aliphatic heterocycles. The van der Waals surface area contributed by atoms with Crippen LogP contribution in [0.2, 0.25) is 0 Å². The summed E-state index contributed by atoms with van der Waals surface area (Å²) in [5.41, 5.74) is 7.77. The highest BCUT2D eigenvalue weighted by molar-refractivity contribution is 7.89. The van der Waals surface area contributed by atoms with Crippen LogP contribution in [0.1, 0.15) is 43.5 Å². The Morgan fingerprint density at radius 1 is 1.29 bits per heavy atom. The molecule has 0 bridgehead atoms. The molecule has 6 heteroatoms. The van der Waals surface area contributed by atoms with Gasteiger partial charge in [-0.25, -0.2) is 13.1 Å². The van der Waals surface area contributed by atoms with E-state index < -0.39 is 10.0 Å². The second kappa shape index (κ2) is 6.70. The first-order valence-corrected chi connectivity index (χ1v) is 9.26. The molecule has 0 aliphatic carbocycles. The first kappa shape index (κ1) is 16.2. The van der Waals surface area contributed by atoms with Gasteiger partial charge in [-0.05, 0) is 53.4 Å². The Balaban J connectivity index is 2.23. The highest BCUT2D eigenvalue weighted by Gasteiger charge is 2.19. The topological polar surface area (TPSA) is 72.2 Å². The van der Waals surface area contributed by atoms with E-state index in [-0.39, 0.29) is 17.0 Å². The highest BCUT2D eigenvalue weighted by Crippen LogP contribution is 2.21. The van der Waals surface area contributed by atoms with Gasteiger partial charge in [-0.15, -0.1) is 0 Å². The van der Waals surface area contributed by atoms with Crippen molar-refractivity contribution in [3.63, 3.8) is 0 Å². The summed E-state index contributed by atoms with van der Waals surface area (Å²) in [4.78, 5) is 0.256. The van der Waals surface area contributed by atoms with Crippen molar-refractivity contribution in [1.29, 1.82) is 0 Å². The van der Waals surface area contributed by atoms with E-state index in [1.807, 2.05) is 36.7 Å². The van der Waals surface area contributed by atoms with Gasteiger partial charge in [0.25, 0.3) is 0 Å². The summed E-state index contributed by atoms with van der Waals surface area (Å²) in [5.74, 6) is 0. The van der Waals surface area contributed by atoms with Crippen molar-refractivity contribution in [3.8, 4) is 0 Å². The van der Waals surface area contributed by atoms with Crippen LogP contribution < -0.4 is 10.5 Å². The van der Waals surface area contributed by atoms with Crippen molar-refractivity contribution in [2.75, 3.05) is 0 Å². The number of hydrogen-bond acceptors (Lipinski definition) is 4. The van der Waals surface area contributed by atoms with E-state index in [0.717, 1.165) is 17.5 Å². The number of thiophene rings is 1. The average molecular weight is 324 g/mol. The Hall–Kier alpha value is -1.21. The van der Waals surface area contributed by atoms with Gasteiger partial charge in [-0.3, -0.25) is 0 Å². The van der Waals surface area contributed by atoms with Crippen LogP contribution in [-0.4, -0.2) is 8.42 Å². The summed E-state index contributed by atoms with van der Waals surface area (Å²) in [6.07, 6.45) is 0.766. The summed E-state index contributed by atoms with van der Waals surface area (Å²) in [6.45, 7) is 3.81. The molecule has 0 aliphatic rings. The number of hydrogen-bond donors (Lipinski definition) is 2. The lowest BCUT2D eigenvalue weighted by atomic mass is 10.1. The monoisotopic (exact) mass is 324 g/mol. The van der Waals surface area contributed by atoms with Gasteiger partial charge in [0.1, 0.15) is 0 Å². The lowest BCUT2D eigenvalue weighted by Gasteiger charge is -2.15. The fraction of sp³-hybridized carbons (Fsp3) is 0.333. The summed E-state index contributed by atoms with van der Waals surface area (Å²) < 4.78 is 27.6. The van der Waals surface area contributed by atoms with Gasteiger partial charge >= 0.3 is 0 Å². The smallest absolute Gasteiger partial charge is 0.241 e. The SMILES string of the molecule is CCC(N)c1cccc(S(=O)(=O)NC(C)c2ccsc2)c1. The molecule has 1 heterocycles. The van der Waals surface area contributed by atoms with E-state index in [4.69, 9.17) is 5.73 Å². The second-order valence-corrected chi connectivity index (χ2v) is 7.48. The van der Waals surface area contributed by atoms with Crippen molar-refractivity contribution in [1.82, 2.24) is 4.72 Å². The van der Waals surface area contributed by atoms with Crippen LogP contribution >= 0.6 is 11.3 Å². The zero-order chi connectivity index (χ0) is 15.5. The third kappa shape index (κ3) is 3.91. The molecule has 2 atom stereocenters. The summed E-state index contributed by atoms with van der Waals surface area (Å²) in [6, 6.07) is 8.34. The van der Waals surface area contributed by atoms with Crippen molar-refractivity contribution < 1.29 is 8.42 Å². The van der Waals surface area contributed by atoms with Crippen LogP contribution in [0.4, 0.5) is 0 Å². The fourth-order valence-electron chi connectivity index (χ4n) is 2.04. The molecule has 0 amide bonds. The summed E-state index contributed by atoms with van der Waals surface area (Å²) in [7, 11) is -3.55. The number of sulfonamides is 1. The molecule has 0 radical (unpaired) electrons. The minimum atomic E-state index is -3.55. The maximum absolute atomic E-state index is 12.5. The van der Waals surface area contributed by atoms with Gasteiger partial charge in [-0.2, -0.15) is 11.3 Å². The predicted octanol–water partition coefficient (Wildman–Crippen LogP) is 3.20. The Morgan fingerprint density at radius 2 is 2.05 bits per heavy atom. The van der Waals surface area contributed by atoms with Crippen LogP contribution in [0.15, 0.2) is 46.0 Å². The Labute approximate surface area is 130 Å². The Kier molecular flexibility index (Phi) is 5.16. The molecule has 4 nitrogen and oxygen atoms in total. The van der Waals surface area contributed by atoms with Gasteiger partial charge < -0.3 is 5.73 Å². The van der Waals surface area contributed by atoms with E-state index in [9.17, 15) is 8.42 Å². The minimum absolute atomic E-state index is 0.144. The molecule has 0 spiro atoms. The largest absolute Gasteiger partial charge is 0.324 e. The van der Waals surface area contributed by atoms with Gasteiger partial charge in [0.05, 0.1) is 4.90 Å². The number of nitrogens with one attached hydrogen (secondary N) is 1. The first-order chi connectivity index (χ1) is 9.94. The zero-order valence-corrected chi connectivity index (χ0v) is 13.7. The van der Waals surface area contributed by atoms with E-state index >= 15 is 0 Å². The Morgan fingerprint density at radius 3 is 2.67 bits per heavy atom. The van der Waals surface area contributed by atoms with E-state index in [1.165, 1.54) is 0 Å². The van der Waals surface area contributed by atoms with E-state index in [1.54, 1.807) is 29.5 Å². The predicted molar refractivity (Wildman–Crippen MR) is 86.7 cm³/mol. The molecule has 1 aromatic heterocycles. The average Bonchev–Trinajstić information content (AvgIpc) is 3.00. The highest BCUT2D eigenvalue weighted by atomic mass is 32.2. The molecule has 2 rings (SSSR count). The molecule has 0 saturated carbocycles. The number of rotatable bonds is 6. The molecule has 0 saturated heterocycles. The lowest BCUT2D eigenvalue weighted by Crippen LogP contribution is -2.26. The minimum Gasteiger partial charge on any atom is -0.324 e. The van der Waals surface area contributed by atoms with Crippen molar-refractivity contribution in [2.45, 2.75) is 37.2 Å². The molecular weight excluding hydrogens is 304 g/mol. The molecule has 21 heavy (non-hydrogen) atoms. The molecule has 3 N–H and O–H groups in total. The van der Waals surface area contributed by atoms with Gasteiger partial charge in [0, 0.05) is 12.1 Å². The van der Waals surface area contributed by atoms with Gasteiger partial charge in [0.2, 0.25) is 10.0 Å². The second-order valence-electron chi connectivity index (χ2n) is 4.99. The standard InChI is InChI=1S/C15H20N2O2S2/c1-3-15(16)12-5-4-6-14(9-12)21(18,19)17-11(2)13-7-8-20-10-13/h4-11,15,17H,3,16H2,1-2H3. The van der Waals surface area contributed by atoms with Crippen LogP contribution in [0, 0.1) is 0 Å². The van der Waals surface area contributed by atoms with Crippen LogP contribution in [0.5, 0.6) is 0 Å². The summed E-state index contributed by atoms with van der Waals surface area (Å²) >= 11 is 1.55. The van der Waals surface area contributed by atoms with Crippen LogP contribution in [-0.2, 0) is 10.0 Å². The maximum atomic E-state index is 12.5. The van der Waals surface area contributed by atoms with Crippen molar-refractivity contribution >= 4 is 21.4 Å². The lowest BCUT2D eigenvalue weighted by molar-refractivity contribution is 0.567. The van der Waals surface area contributed by atoms with Crippen molar-refractivity contribution in [3.05, 3.63) is 52.2 Å². The quantitative estimate of drug-likeness (QED) is 0.857.